The van der Waals surface area contributed by atoms with E-state index >= 15 is 0 Å². The maximum absolute atomic E-state index is 2.57. The summed E-state index contributed by atoms with van der Waals surface area (Å²) in [7, 11) is -3.71. The summed E-state index contributed by atoms with van der Waals surface area (Å²) in [5.74, 6) is 0. The Kier molecular flexibility index (Phi) is 6.18. The van der Waals surface area contributed by atoms with Crippen molar-refractivity contribution < 1.29 is 0 Å². The maximum atomic E-state index is 2.57. The Morgan fingerprint density at radius 3 is 1.43 bits per heavy atom. The maximum Gasteiger partial charge on any atom is 0.113 e. The van der Waals surface area contributed by atoms with Crippen LogP contribution in [0.2, 0.25) is 26.2 Å². The number of benzene rings is 7. The summed E-state index contributed by atoms with van der Waals surface area (Å²) in [6.45, 7) is 10.0. The Balaban J connectivity index is 1.29. The fraction of sp³-hybridized carbons (Fsp3) is 0.0909. The van der Waals surface area contributed by atoms with Crippen molar-refractivity contribution >= 4 is 64.7 Å². The molecule has 2 aliphatic rings. The fourth-order valence-electron chi connectivity index (χ4n) is 8.42. The lowest BCUT2D eigenvalue weighted by atomic mass is 9.98. The quantitative estimate of drug-likeness (QED) is 0.174. The van der Waals surface area contributed by atoms with Crippen molar-refractivity contribution in [2.24, 2.45) is 0 Å². The first-order valence-electron chi connectivity index (χ1n) is 16.7. The van der Waals surface area contributed by atoms with E-state index in [9.17, 15) is 0 Å². The van der Waals surface area contributed by atoms with Gasteiger partial charge in [0.15, 0.2) is 0 Å². The monoisotopic (exact) mass is 635 g/mol. The van der Waals surface area contributed by atoms with Gasteiger partial charge in [0, 0.05) is 16.8 Å². The normalized spacial score (nSPS) is 14.7. The number of nitrogens with zero attached hydrogens (tertiary/aromatic N) is 1. The van der Waals surface area contributed by atoms with Crippen LogP contribution < -0.4 is 25.6 Å². The molecule has 0 radical (unpaired) electrons. The Bertz CT molecular complexity index is 2260. The molecule has 3 heteroatoms. The van der Waals surface area contributed by atoms with Crippen molar-refractivity contribution in [3.8, 4) is 33.4 Å². The summed E-state index contributed by atoms with van der Waals surface area (Å²) in [6.07, 6.45) is 0. The van der Waals surface area contributed by atoms with Crippen LogP contribution in [0.5, 0.6) is 0 Å². The van der Waals surface area contributed by atoms with Gasteiger partial charge < -0.3 is 4.90 Å². The van der Waals surface area contributed by atoms with Gasteiger partial charge in [-0.2, -0.15) is 0 Å². The molecule has 7 aromatic carbocycles. The van der Waals surface area contributed by atoms with E-state index in [1.54, 1.807) is 0 Å². The highest BCUT2D eigenvalue weighted by atomic mass is 28.3. The molecule has 0 spiro atoms. The summed E-state index contributed by atoms with van der Waals surface area (Å²) < 4.78 is 0. The fourth-order valence-corrected chi connectivity index (χ4v) is 14.6. The van der Waals surface area contributed by atoms with Gasteiger partial charge in [-0.1, -0.05) is 148 Å². The molecule has 0 amide bonds. The second kappa shape index (κ2) is 10.3. The molecule has 0 bridgehead atoms. The van der Waals surface area contributed by atoms with Crippen LogP contribution in [-0.4, -0.2) is 16.1 Å². The summed E-state index contributed by atoms with van der Waals surface area (Å²) in [6, 6.07) is 57.0. The molecule has 2 heterocycles. The molecule has 2 aliphatic heterocycles. The third-order valence-corrected chi connectivity index (χ3v) is 18.0. The first kappa shape index (κ1) is 28.3. The van der Waals surface area contributed by atoms with Crippen LogP contribution >= 0.6 is 0 Å². The van der Waals surface area contributed by atoms with Gasteiger partial charge in [-0.05, 0) is 84.1 Å². The Morgan fingerprint density at radius 1 is 0.383 bits per heavy atom. The van der Waals surface area contributed by atoms with Crippen LogP contribution in [0.25, 0.3) is 44.2 Å². The van der Waals surface area contributed by atoms with E-state index in [4.69, 9.17) is 0 Å². The van der Waals surface area contributed by atoms with E-state index < -0.39 is 16.1 Å². The summed E-state index contributed by atoms with van der Waals surface area (Å²) in [4.78, 5) is 2.57. The van der Waals surface area contributed by atoms with Crippen molar-refractivity contribution in [2.45, 2.75) is 26.2 Å². The third-order valence-electron chi connectivity index (χ3n) is 10.9. The van der Waals surface area contributed by atoms with E-state index in [-0.39, 0.29) is 0 Å². The molecular formula is C44H37NSi2. The van der Waals surface area contributed by atoms with Crippen LogP contribution in [0.15, 0.2) is 152 Å². The molecule has 9 rings (SSSR count). The molecule has 0 atom stereocenters. The van der Waals surface area contributed by atoms with Crippen LogP contribution in [0, 0.1) is 0 Å². The van der Waals surface area contributed by atoms with Crippen LogP contribution in [0.1, 0.15) is 0 Å². The Morgan fingerprint density at radius 2 is 0.851 bits per heavy atom. The van der Waals surface area contributed by atoms with Crippen molar-refractivity contribution in [3.05, 3.63) is 152 Å². The predicted molar refractivity (Wildman–Crippen MR) is 208 cm³/mol. The molecule has 0 aliphatic carbocycles. The summed E-state index contributed by atoms with van der Waals surface area (Å²) in [5.41, 5.74) is 11.8. The van der Waals surface area contributed by atoms with E-state index in [0.717, 1.165) is 0 Å². The first-order chi connectivity index (χ1) is 22.8. The van der Waals surface area contributed by atoms with E-state index in [0.29, 0.717) is 0 Å². The standard InChI is InChI=1S/C44H37NSi2/c1-46(2)39-19-9-7-15-35(39)43-37(17-11-21-41(43)46)45(38-18-12-22-42-44(38)36-16-8-10-20-40(36)47(42,3)4)34-27-25-31(26-28-34)33-24-23-30-13-5-6-14-32(30)29-33/h5-29H,1-4H3. The van der Waals surface area contributed by atoms with Crippen molar-refractivity contribution in [3.63, 3.8) is 0 Å². The molecule has 0 unspecified atom stereocenters. The topological polar surface area (TPSA) is 3.24 Å². The van der Waals surface area contributed by atoms with Gasteiger partial charge in [-0.25, -0.2) is 0 Å². The zero-order chi connectivity index (χ0) is 31.9. The van der Waals surface area contributed by atoms with Gasteiger partial charge in [-0.3, -0.25) is 0 Å². The van der Waals surface area contributed by atoms with E-state index in [1.165, 1.54) is 82.0 Å². The zero-order valence-corrected chi connectivity index (χ0v) is 29.4. The molecule has 0 aromatic heterocycles. The second-order valence-corrected chi connectivity index (χ2v) is 22.8. The predicted octanol–water partition coefficient (Wildman–Crippen LogP) is 9.58. The lowest BCUT2D eigenvalue weighted by molar-refractivity contribution is 1.29. The highest BCUT2D eigenvalue weighted by Gasteiger charge is 2.42. The molecule has 0 saturated carbocycles. The zero-order valence-electron chi connectivity index (χ0n) is 27.4. The van der Waals surface area contributed by atoms with Gasteiger partial charge in [0.05, 0.1) is 11.4 Å². The van der Waals surface area contributed by atoms with Crippen LogP contribution in [0.4, 0.5) is 17.1 Å². The third kappa shape index (κ3) is 4.13. The minimum Gasteiger partial charge on any atom is -0.309 e. The highest BCUT2D eigenvalue weighted by Crippen LogP contribution is 2.47. The van der Waals surface area contributed by atoms with Crippen molar-refractivity contribution in [1.82, 2.24) is 0 Å². The summed E-state index contributed by atoms with van der Waals surface area (Å²) in [5, 5.41) is 8.66. The highest BCUT2D eigenvalue weighted by molar-refractivity contribution is 7.04. The van der Waals surface area contributed by atoms with Gasteiger partial charge >= 0.3 is 0 Å². The average Bonchev–Trinajstić information content (AvgIpc) is 3.49. The molecule has 7 aromatic rings. The average molecular weight is 636 g/mol. The van der Waals surface area contributed by atoms with E-state index in [1.807, 2.05) is 0 Å². The number of rotatable bonds is 4. The van der Waals surface area contributed by atoms with Gasteiger partial charge in [0.2, 0.25) is 0 Å². The van der Waals surface area contributed by atoms with Crippen molar-refractivity contribution in [2.75, 3.05) is 4.90 Å². The SMILES string of the molecule is C[Si]1(C)c2ccccc2-c2c(N(c3ccc(-c4ccc5ccccc5c4)cc3)c3cccc4c3-c3ccccc3[Si]4(C)C)cccc21. The lowest BCUT2D eigenvalue weighted by Crippen LogP contribution is -2.49. The van der Waals surface area contributed by atoms with Crippen molar-refractivity contribution in [1.29, 1.82) is 0 Å². The molecule has 226 valence electrons. The molecular weight excluding hydrogens is 599 g/mol. The first-order valence-corrected chi connectivity index (χ1v) is 22.7. The molecule has 0 saturated heterocycles. The number of hydrogen-bond acceptors (Lipinski definition) is 1. The lowest BCUT2D eigenvalue weighted by Gasteiger charge is -2.31. The molecule has 47 heavy (non-hydrogen) atoms. The number of fused-ring (bicyclic) bond motifs is 7. The largest absolute Gasteiger partial charge is 0.309 e. The molecule has 0 N–H and O–H groups in total. The Hall–Kier alpha value is -4.97. The minimum atomic E-state index is -1.86. The number of anilines is 3. The van der Waals surface area contributed by atoms with Crippen LogP contribution in [-0.2, 0) is 0 Å². The second-order valence-electron chi connectivity index (χ2n) is 14.2. The summed E-state index contributed by atoms with van der Waals surface area (Å²) >= 11 is 0. The van der Waals surface area contributed by atoms with Gasteiger partial charge in [0.25, 0.3) is 0 Å². The Labute approximate surface area is 279 Å². The van der Waals surface area contributed by atoms with Crippen LogP contribution in [0.3, 0.4) is 0 Å². The molecule has 0 fully saturated rings. The van der Waals surface area contributed by atoms with Gasteiger partial charge in [-0.15, -0.1) is 0 Å². The van der Waals surface area contributed by atoms with Gasteiger partial charge in [0.1, 0.15) is 16.1 Å². The minimum absolute atomic E-state index is 1.18. The number of hydrogen-bond donors (Lipinski definition) is 0. The molecule has 1 nitrogen and oxygen atoms in total. The van der Waals surface area contributed by atoms with E-state index in [2.05, 4.69) is 183 Å². The smallest absolute Gasteiger partial charge is 0.113 e.